The highest BCUT2D eigenvalue weighted by molar-refractivity contribution is 7.89. The molecule has 0 aromatic heterocycles. The Morgan fingerprint density at radius 2 is 1.59 bits per heavy atom. The number of carbonyl (C=O) groups is 1. The summed E-state index contributed by atoms with van der Waals surface area (Å²) in [7, 11) is -1.93. The molecule has 0 bridgehead atoms. The van der Waals surface area contributed by atoms with Crippen LogP contribution < -0.4 is 5.32 Å². The predicted octanol–water partition coefficient (Wildman–Crippen LogP) is 4.03. The van der Waals surface area contributed by atoms with Gasteiger partial charge in [-0.1, -0.05) is 19.3 Å². The lowest BCUT2D eigenvalue weighted by molar-refractivity contribution is 0.102. The summed E-state index contributed by atoms with van der Waals surface area (Å²) in [5.74, 6) is -0.798. The van der Waals surface area contributed by atoms with Crippen molar-refractivity contribution in [3.63, 3.8) is 0 Å². The zero-order valence-electron chi connectivity index (χ0n) is 15.2. The van der Waals surface area contributed by atoms with Crippen molar-refractivity contribution >= 4 is 21.6 Å². The molecule has 2 aromatic carbocycles. The fraction of sp³-hybridized carbons (Fsp3) is 0.350. The van der Waals surface area contributed by atoms with Gasteiger partial charge in [-0.2, -0.15) is 4.31 Å². The zero-order chi connectivity index (χ0) is 19.4. The second-order valence-electron chi connectivity index (χ2n) is 6.80. The molecule has 1 fully saturated rings. The number of anilines is 1. The molecule has 7 heteroatoms. The monoisotopic (exact) mass is 390 g/mol. The van der Waals surface area contributed by atoms with Gasteiger partial charge in [0.25, 0.3) is 5.91 Å². The second kappa shape index (κ2) is 8.19. The first-order chi connectivity index (χ1) is 12.9. The maximum Gasteiger partial charge on any atom is 0.255 e. The number of sulfonamides is 1. The van der Waals surface area contributed by atoms with Crippen molar-refractivity contribution < 1.29 is 17.6 Å². The van der Waals surface area contributed by atoms with Crippen molar-refractivity contribution in [3.05, 3.63) is 59.9 Å². The van der Waals surface area contributed by atoms with E-state index in [4.69, 9.17) is 0 Å². The summed E-state index contributed by atoms with van der Waals surface area (Å²) in [5.41, 5.74) is 0.800. The summed E-state index contributed by atoms with van der Waals surface area (Å²) >= 11 is 0. The van der Waals surface area contributed by atoms with Gasteiger partial charge in [-0.3, -0.25) is 4.79 Å². The summed E-state index contributed by atoms with van der Waals surface area (Å²) in [5, 5.41) is 2.68. The van der Waals surface area contributed by atoms with Crippen molar-refractivity contribution in [2.45, 2.75) is 43.0 Å². The van der Waals surface area contributed by atoms with Crippen LogP contribution in [0.25, 0.3) is 0 Å². The van der Waals surface area contributed by atoms with Crippen molar-refractivity contribution in [1.82, 2.24) is 4.31 Å². The Kier molecular flexibility index (Phi) is 5.92. The van der Waals surface area contributed by atoms with E-state index in [1.54, 1.807) is 19.2 Å². The normalized spacial score (nSPS) is 15.7. The van der Waals surface area contributed by atoms with E-state index in [0.717, 1.165) is 32.1 Å². The summed E-state index contributed by atoms with van der Waals surface area (Å²) in [6, 6.07) is 11.4. The van der Waals surface area contributed by atoms with Gasteiger partial charge in [-0.25, -0.2) is 12.8 Å². The highest BCUT2D eigenvalue weighted by Gasteiger charge is 2.28. The van der Waals surface area contributed by atoms with Crippen LogP contribution in [0.3, 0.4) is 0 Å². The Morgan fingerprint density at radius 1 is 1.00 bits per heavy atom. The largest absolute Gasteiger partial charge is 0.322 e. The van der Waals surface area contributed by atoms with Crippen LogP contribution >= 0.6 is 0 Å². The molecule has 27 heavy (non-hydrogen) atoms. The predicted molar refractivity (Wildman–Crippen MR) is 103 cm³/mol. The number of hydrogen-bond donors (Lipinski definition) is 1. The maximum absolute atomic E-state index is 12.9. The van der Waals surface area contributed by atoms with Crippen LogP contribution in [0.2, 0.25) is 0 Å². The number of halogens is 1. The molecule has 3 rings (SSSR count). The molecule has 1 aliphatic carbocycles. The molecular formula is C20H23FN2O3S. The summed E-state index contributed by atoms with van der Waals surface area (Å²) < 4.78 is 40.1. The molecule has 0 atom stereocenters. The molecule has 0 saturated heterocycles. The molecule has 0 radical (unpaired) electrons. The van der Waals surface area contributed by atoms with Gasteiger partial charge >= 0.3 is 0 Å². The molecule has 1 N–H and O–H groups in total. The van der Waals surface area contributed by atoms with Gasteiger partial charge in [0.15, 0.2) is 0 Å². The number of rotatable bonds is 5. The van der Waals surface area contributed by atoms with Gasteiger partial charge < -0.3 is 5.32 Å². The topological polar surface area (TPSA) is 66.5 Å². The lowest BCUT2D eigenvalue weighted by Crippen LogP contribution is -2.38. The number of nitrogens with zero attached hydrogens (tertiary/aromatic N) is 1. The van der Waals surface area contributed by atoms with E-state index in [2.05, 4.69) is 5.32 Å². The average Bonchev–Trinajstić information content (AvgIpc) is 2.69. The molecule has 1 saturated carbocycles. The summed E-state index contributed by atoms with van der Waals surface area (Å²) in [6.45, 7) is 0. The average molecular weight is 390 g/mol. The fourth-order valence-corrected chi connectivity index (χ4v) is 4.74. The number of benzene rings is 2. The van der Waals surface area contributed by atoms with E-state index in [0.29, 0.717) is 11.3 Å². The molecule has 0 aliphatic heterocycles. The van der Waals surface area contributed by atoms with Gasteiger partial charge in [0.2, 0.25) is 10.0 Å². The third-order valence-corrected chi connectivity index (χ3v) is 6.91. The van der Waals surface area contributed by atoms with Gasteiger partial charge in [-0.05, 0) is 61.4 Å². The third-order valence-electron chi connectivity index (χ3n) is 4.98. The Hall–Kier alpha value is -2.25. The van der Waals surface area contributed by atoms with Crippen LogP contribution in [0.5, 0.6) is 0 Å². The molecule has 1 aliphatic rings. The van der Waals surface area contributed by atoms with E-state index >= 15 is 0 Å². The van der Waals surface area contributed by atoms with Crippen molar-refractivity contribution in [1.29, 1.82) is 0 Å². The Balaban J connectivity index is 1.70. The molecule has 0 heterocycles. The molecule has 0 unspecified atom stereocenters. The van der Waals surface area contributed by atoms with Crippen LogP contribution in [-0.4, -0.2) is 31.7 Å². The second-order valence-corrected chi connectivity index (χ2v) is 8.80. The van der Waals surface area contributed by atoms with Crippen LogP contribution in [0.1, 0.15) is 42.5 Å². The number of nitrogens with one attached hydrogen (secondary N) is 1. The highest BCUT2D eigenvalue weighted by Crippen LogP contribution is 2.27. The maximum atomic E-state index is 12.9. The molecule has 144 valence electrons. The van der Waals surface area contributed by atoms with Crippen LogP contribution in [-0.2, 0) is 10.0 Å². The van der Waals surface area contributed by atoms with E-state index in [1.807, 2.05) is 0 Å². The molecule has 1 amide bonds. The van der Waals surface area contributed by atoms with Crippen molar-refractivity contribution in [2.24, 2.45) is 0 Å². The van der Waals surface area contributed by atoms with E-state index in [-0.39, 0.29) is 16.8 Å². The van der Waals surface area contributed by atoms with Crippen molar-refractivity contribution in [3.8, 4) is 0 Å². The Labute approximate surface area is 159 Å². The van der Waals surface area contributed by atoms with Crippen LogP contribution in [0.4, 0.5) is 10.1 Å². The highest BCUT2D eigenvalue weighted by atomic mass is 32.2. The minimum atomic E-state index is -3.56. The standard InChI is InChI=1S/C20H23FN2O3S/c1-23(18-5-3-2-4-6-18)27(25,26)19-13-11-17(12-14-19)22-20(24)15-7-9-16(21)10-8-15/h7-14,18H,2-6H2,1H3,(H,22,24). The number of carbonyl (C=O) groups excluding carboxylic acids is 1. The Bertz CT molecular complexity index is 890. The fourth-order valence-electron chi connectivity index (χ4n) is 3.32. The van der Waals surface area contributed by atoms with Crippen LogP contribution in [0.15, 0.2) is 53.4 Å². The Morgan fingerprint density at radius 3 is 2.19 bits per heavy atom. The lowest BCUT2D eigenvalue weighted by atomic mass is 9.96. The SMILES string of the molecule is CN(C1CCCCC1)S(=O)(=O)c1ccc(NC(=O)c2ccc(F)cc2)cc1. The summed E-state index contributed by atoms with van der Waals surface area (Å²) in [6.07, 6.45) is 5.05. The first-order valence-electron chi connectivity index (χ1n) is 9.03. The van der Waals surface area contributed by atoms with Crippen molar-refractivity contribution in [2.75, 3.05) is 12.4 Å². The van der Waals surface area contributed by atoms with Gasteiger partial charge in [0, 0.05) is 24.3 Å². The molecular weight excluding hydrogens is 367 g/mol. The molecule has 5 nitrogen and oxygen atoms in total. The minimum Gasteiger partial charge on any atom is -0.322 e. The lowest BCUT2D eigenvalue weighted by Gasteiger charge is -2.30. The molecule has 0 spiro atoms. The first kappa shape index (κ1) is 19.5. The quantitative estimate of drug-likeness (QED) is 0.838. The smallest absolute Gasteiger partial charge is 0.255 e. The minimum absolute atomic E-state index is 0.0432. The van der Waals surface area contributed by atoms with Gasteiger partial charge in [0.1, 0.15) is 5.82 Å². The molecule has 2 aromatic rings. The zero-order valence-corrected chi connectivity index (χ0v) is 16.0. The third kappa shape index (κ3) is 4.54. The number of amides is 1. The van der Waals surface area contributed by atoms with Gasteiger partial charge in [0.05, 0.1) is 4.90 Å². The number of hydrogen-bond acceptors (Lipinski definition) is 3. The first-order valence-corrected chi connectivity index (χ1v) is 10.5. The summed E-state index contributed by atoms with van der Waals surface area (Å²) in [4.78, 5) is 12.4. The van der Waals surface area contributed by atoms with E-state index < -0.39 is 15.8 Å². The van der Waals surface area contributed by atoms with Gasteiger partial charge in [-0.15, -0.1) is 0 Å². The van der Waals surface area contributed by atoms with Crippen LogP contribution in [0, 0.1) is 5.82 Å². The van der Waals surface area contributed by atoms with E-state index in [1.165, 1.54) is 40.7 Å². The van der Waals surface area contributed by atoms with E-state index in [9.17, 15) is 17.6 Å².